The van der Waals surface area contributed by atoms with E-state index in [1.54, 1.807) is 36.4 Å². The molecule has 0 atom stereocenters. The molecule has 0 spiro atoms. The molecule has 0 aliphatic rings. The quantitative estimate of drug-likeness (QED) is 0.723. The second-order valence-corrected chi connectivity index (χ2v) is 4.07. The van der Waals surface area contributed by atoms with E-state index in [1.807, 2.05) is 0 Å². The molecular weight excluding hydrogens is 270 g/mol. The largest absolute Gasteiger partial charge is 0.480 e. The monoisotopic (exact) mass is 279 g/mol. The third-order valence-corrected chi connectivity index (χ3v) is 2.77. The lowest BCUT2D eigenvalue weighted by atomic mass is 10.1. The Labute approximate surface area is 119 Å². The van der Waals surface area contributed by atoms with E-state index >= 15 is 0 Å². The summed E-state index contributed by atoms with van der Waals surface area (Å²) in [6.07, 6.45) is 0. The molecule has 0 aliphatic heterocycles. The van der Waals surface area contributed by atoms with Gasteiger partial charge in [-0.3, -0.25) is 0 Å². The third kappa shape index (κ3) is 2.55. The molecule has 1 aromatic carbocycles. The zero-order chi connectivity index (χ0) is 14.7. The molecule has 0 aliphatic carbocycles. The van der Waals surface area contributed by atoms with Gasteiger partial charge in [-0.25, -0.2) is 0 Å². The van der Waals surface area contributed by atoms with Crippen LogP contribution in [0.15, 0.2) is 40.9 Å². The van der Waals surface area contributed by atoms with Crippen molar-refractivity contribution in [2.75, 3.05) is 7.11 Å². The van der Waals surface area contributed by atoms with Crippen LogP contribution in [0.25, 0.3) is 23.0 Å². The molecule has 3 aromatic rings. The average Bonchev–Trinajstić information content (AvgIpc) is 3.05. The molecule has 0 fully saturated rings. The van der Waals surface area contributed by atoms with Crippen molar-refractivity contribution < 1.29 is 9.26 Å². The van der Waals surface area contributed by atoms with Crippen LogP contribution in [0.4, 0.5) is 0 Å². The van der Waals surface area contributed by atoms with Gasteiger partial charge in [-0.05, 0) is 30.3 Å². The third-order valence-electron chi connectivity index (χ3n) is 2.77. The van der Waals surface area contributed by atoms with E-state index in [0.29, 0.717) is 28.9 Å². The Morgan fingerprint density at radius 3 is 2.52 bits per heavy atom. The van der Waals surface area contributed by atoms with Gasteiger partial charge in [0.2, 0.25) is 11.7 Å². The molecule has 0 saturated carbocycles. The summed E-state index contributed by atoms with van der Waals surface area (Å²) in [6, 6.07) is 12.3. The van der Waals surface area contributed by atoms with Gasteiger partial charge in [-0.15, -0.1) is 10.2 Å². The van der Waals surface area contributed by atoms with E-state index in [9.17, 15) is 0 Å². The molecule has 0 unspecified atom stereocenters. The van der Waals surface area contributed by atoms with Gasteiger partial charge >= 0.3 is 0 Å². The molecule has 0 radical (unpaired) electrons. The fraction of sp³-hybridized carbons (Fsp3) is 0.0714. The molecule has 2 aromatic heterocycles. The fourth-order valence-corrected chi connectivity index (χ4v) is 1.68. The Kier molecular flexibility index (Phi) is 3.27. The highest BCUT2D eigenvalue weighted by atomic mass is 16.5. The molecule has 21 heavy (non-hydrogen) atoms. The molecule has 0 saturated heterocycles. The molecule has 0 N–H and O–H groups in total. The van der Waals surface area contributed by atoms with Gasteiger partial charge in [-0.1, -0.05) is 5.16 Å². The summed E-state index contributed by atoms with van der Waals surface area (Å²) in [5.41, 5.74) is 1.79. The predicted octanol–water partition coefficient (Wildman–Crippen LogP) is 2.07. The Bertz CT molecular complexity index is 787. The maximum absolute atomic E-state index is 8.77. The first-order valence-corrected chi connectivity index (χ1v) is 6.02. The lowest BCUT2D eigenvalue weighted by molar-refractivity contribution is 0.392. The first kappa shape index (κ1) is 12.7. The van der Waals surface area contributed by atoms with Crippen LogP contribution in [0.5, 0.6) is 5.88 Å². The van der Waals surface area contributed by atoms with Gasteiger partial charge in [-0.2, -0.15) is 10.2 Å². The predicted molar refractivity (Wildman–Crippen MR) is 72.0 cm³/mol. The fourth-order valence-electron chi connectivity index (χ4n) is 1.68. The molecule has 7 nitrogen and oxygen atoms in total. The maximum Gasteiger partial charge on any atom is 0.258 e. The van der Waals surface area contributed by atoms with Gasteiger partial charge in [0.05, 0.1) is 18.7 Å². The Hall–Kier alpha value is -3.27. The van der Waals surface area contributed by atoms with E-state index in [0.717, 1.165) is 5.56 Å². The van der Waals surface area contributed by atoms with Crippen molar-refractivity contribution in [2.45, 2.75) is 0 Å². The summed E-state index contributed by atoms with van der Waals surface area (Å²) in [7, 11) is 1.51. The van der Waals surface area contributed by atoms with Crippen LogP contribution in [0.1, 0.15) is 5.56 Å². The van der Waals surface area contributed by atoms with Gasteiger partial charge in [0.25, 0.3) is 5.89 Å². The highest BCUT2D eigenvalue weighted by Gasteiger charge is 2.12. The van der Waals surface area contributed by atoms with Gasteiger partial charge in [0.1, 0.15) is 5.69 Å². The normalized spacial score (nSPS) is 10.1. The molecule has 0 amide bonds. The van der Waals surface area contributed by atoms with Crippen LogP contribution in [0, 0.1) is 11.3 Å². The number of rotatable bonds is 3. The lowest BCUT2D eigenvalue weighted by Gasteiger charge is -1.96. The topological polar surface area (TPSA) is 97.7 Å². The van der Waals surface area contributed by atoms with Crippen LogP contribution in [-0.4, -0.2) is 27.4 Å². The number of nitrogens with zero attached hydrogens (tertiary/aromatic N) is 5. The number of hydrogen-bond donors (Lipinski definition) is 0. The molecule has 0 bridgehead atoms. The van der Waals surface area contributed by atoms with Crippen molar-refractivity contribution in [3.05, 3.63) is 42.0 Å². The van der Waals surface area contributed by atoms with E-state index in [2.05, 4.69) is 26.4 Å². The van der Waals surface area contributed by atoms with Crippen LogP contribution >= 0.6 is 0 Å². The van der Waals surface area contributed by atoms with E-state index in [1.165, 1.54) is 7.11 Å². The average molecular weight is 279 g/mol. The first-order chi connectivity index (χ1) is 10.3. The highest BCUT2D eigenvalue weighted by Crippen LogP contribution is 2.21. The second-order valence-electron chi connectivity index (χ2n) is 4.07. The number of methoxy groups -OCH3 is 1. The summed E-state index contributed by atoms with van der Waals surface area (Å²) < 4.78 is 10.1. The smallest absolute Gasteiger partial charge is 0.258 e. The van der Waals surface area contributed by atoms with Crippen molar-refractivity contribution in [3.63, 3.8) is 0 Å². The van der Waals surface area contributed by atoms with Crippen molar-refractivity contribution in [1.82, 2.24) is 20.3 Å². The van der Waals surface area contributed by atoms with Crippen molar-refractivity contribution in [2.24, 2.45) is 0 Å². The van der Waals surface area contributed by atoms with Gasteiger partial charge in [0, 0.05) is 11.6 Å². The zero-order valence-electron chi connectivity index (χ0n) is 11.0. The highest BCUT2D eigenvalue weighted by molar-refractivity contribution is 5.58. The minimum absolute atomic E-state index is 0.338. The number of benzene rings is 1. The zero-order valence-corrected chi connectivity index (χ0v) is 11.0. The van der Waals surface area contributed by atoms with E-state index in [-0.39, 0.29) is 0 Å². The molecule has 2 heterocycles. The lowest BCUT2D eigenvalue weighted by Crippen LogP contribution is -1.93. The van der Waals surface area contributed by atoms with Crippen LogP contribution in [-0.2, 0) is 0 Å². The van der Waals surface area contributed by atoms with Crippen LogP contribution < -0.4 is 4.74 Å². The van der Waals surface area contributed by atoms with Crippen molar-refractivity contribution in [3.8, 4) is 34.9 Å². The summed E-state index contributed by atoms with van der Waals surface area (Å²) in [5, 5.41) is 20.4. The minimum atomic E-state index is 0.338. The van der Waals surface area contributed by atoms with Gasteiger partial charge in [0.15, 0.2) is 0 Å². The molecule has 7 heteroatoms. The van der Waals surface area contributed by atoms with Gasteiger partial charge < -0.3 is 9.26 Å². The molecule has 102 valence electrons. The maximum atomic E-state index is 8.77. The van der Waals surface area contributed by atoms with Crippen molar-refractivity contribution in [1.29, 1.82) is 5.26 Å². The number of aromatic nitrogens is 4. The van der Waals surface area contributed by atoms with Crippen LogP contribution in [0.2, 0.25) is 0 Å². The number of ether oxygens (including phenoxy) is 1. The Morgan fingerprint density at radius 1 is 1.10 bits per heavy atom. The van der Waals surface area contributed by atoms with E-state index < -0.39 is 0 Å². The Balaban J connectivity index is 1.89. The standard InChI is InChI=1S/C14H9N5O2/c1-20-12-7-6-11(17-18-12)13-16-14(21-19-13)10-4-2-9(8-15)3-5-10/h2-7H,1H3. The molecular formula is C14H9N5O2. The van der Waals surface area contributed by atoms with E-state index in [4.69, 9.17) is 14.5 Å². The van der Waals surface area contributed by atoms with Crippen molar-refractivity contribution >= 4 is 0 Å². The van der Waals surface area contributed by atoms with Crippen LogP contribution in [0.3, 0.4) is 0 Å². The molecule has 3 rings (SSSR count). The minimum Gasteiger partial charge on any atom is -0.480 e. The summed E-state index contributed by atoms with van der Waals surface area (Å²) in [6.45, 7) is 0. The first-order valence-electron chi connectivity index (χ1n) is 6.02. The number of hydrogen-bond acceptors (Lipinski definition) is 7. The summed E-state index contributed by atoms with van der Waals surface area (Å²) in [4.78, 5) is 4.26. The second kappa shape index (κ2) is 5.38. The summed E-state index contributed by atoms with van der Waals surface area (Å²) >= 11 is 0. The SMILES string of the molecule is COc1ccc(-c2noc(-c3ccc(C#N)cc3)n2)nn1. The summed E-state index contributed by atoms with van der Waals surface area (Å²) in [5.74, 6) is 1.10. The number of nitriles is 1. The Morgan fingerprint density at radius 2 is 1.90 bits per heavy atom.